The molecule has 2 rings (SSSR count). The standard InChI is InChI=1S/C17H25NO2/c1-18(2)13-17(19)10-5-4-8-15(17)11-14-7-6-9-16(12-14)20-3/h6-7,9,11-12,19H,4-5,8,10,13H2,1-3H3. The van der Waals surface area contributed by atoms with E-state index >= 15 is 0 Å². The van der Waals surface area contributed by atoms with Crippen LogP contribution in [0.3, 0.4) is 0 Å². The van der Waals surface area contributed by atoms with E-state index in [-0.39, 0.29) is 0 Å². The molecule has 0 amide bonds. The second-order valence-corrected chi connectivity index (χ2v) is 5.92. The van der Waals surface area contributed by atoms with Crippen LogP contribution in [0.5, 0.6) is 5.75 Å². The van der Waals surface area contributed by atoms with E-state index in [0.717, 1.165) is 42.6 Å². The Labute approximate surface area is 121 Å². The van der Waals surface area contributed by atoms with Gasteiger partial charge < -0.3 is 14.7 Å². The third-order valence-corrected chi connectivity index (χ3v) is 3.90. The second-order valence-electron chi connectivity index (χ2n) is 5.92. The first-order valence-electron chi connectivity index (χ1n) is 7.26. The Morgan fingerprint density at radius 3 is 2.85 bits per heavy atom. The van der Waals surface area contributed by atoms with Crippen molar-refractivity contribution in [3.05, 3.63) is 35.4 Å². The highest BCUT2D eigenvalue weighted by Crippen LogP contribution is 2.35. The number of aliphatic hydroxyl groups is 1. The molecule has 110 valence electrons. The lowest BCUT2D eigenvalue weighted by Crippen LogP contribution is -2.43. The van der Waals surface area contributed by atoms with E-state index in [9.17, 15) is 5.11 Å². The molecule has 0 aromatic heterocycles. The zero-order chi connectivity index (χ0) is 14.6. The minimum absolute atomic E-state index is 0.683. The van der Waals surface area contributed by atoms with Crippen molar-refractivity contribution in [3.63, 3.8) is 0 Å². The molecular weight excluding hydrogens is 250 g/mol. The summed E-state index contributed by atoms with van der Waals surface area (Å²) < 4.78 is 5.26. The molecule has 20 heavy (non-hydrogen) atoms. The Balaban J connectivity index is 2.28. The van der Waals surface area contributed by atoms with Gasteiger partial charge in [-0.25, -0.2) is 0 Å². The Hall–Kier alpha value is -1.32. The largest absolute Gasteiger partial charge is 0.497 e. The first kappa shape index (κ1) is 15.1. The predicted molar refractivity (Wildman–Crippen MR) is 82.9 cm³/mol. The van der Waals surface area contributed by atoms with E-state index in [1.807, 2.05) is 32.3 Å². The number of nitrogens with zero attached hydrogens (tertiary/aromatic N) is 1. The fourth-order valence-electron chi connectivity index (χ4n) is 2.97. The normalized spacial score (nSPS) is 25.1. The van der Waals surface area contributed by atoms with Gasteiger partial charge in [0, 0.05) is 6.54 Å². The van der Waals surface area contributed by atoms with Crippen LogP contribution in [0.15, 0.2) is 29.8 Å². The molecule has 1 aromatic carbocycles. The molecule has 1 aliphatic rings. The molecule has 1 saturated carbocycles. The quantitative estimate of drug-likeness (QED) is 0.917. The van der Waals surface area contributed by atoms with Gasteiger partial charge in [0.15, 0.2) is 0 Å². The van der Waals surface area contributed by atoms with Crippen molar-refractivity contribution >= 4 is 6.08 Å². The number of ether oxygens (including phenoxy) is 1. The monoisotopic (exact) mass is 275 g/mol. The smallest absolute Gasteiger partial charge is 0.119 e. The van der Waals surface area contributed by atoms with Gasteiger partial charge in [-0.15, -0.1) is 0 Å². The molecule has 3 nitrogen and oxygen atoms in total. The predicted octanol–water partition coefficient (Wildman–Crippen LogP) is 2.95. The van der Waals surface area contributed by atoms with Crippen LogP contribution in [-0.4, -0.2) is 43.4 Å². The molecular formula is C17H25NO2. The van der Waals surface area contributed by atoms with Crippen LogP contribution in [0.25, 0.3) is 6.08 Å². The number of methoxy groups -OCH3 is 1. The topological polar surface area (TPSA) is 32.7 Å². The van der Waals surface area contributed by atoms with Gasteiger partial charge >= 0.3 is 0 Å². The minimum Gasteiger partial charge on any atom is -0.497 e. The summed E-state index contributed by atoms with van der Waals surface area (Å²) in [7, 11) is 5.70. The van der Waals surface area contributed by atoms with Crippen molar-refractivity contribution < 1.29 is 9.84 Å². The average Bonchev–Trinajstić information content (AvgIpc) is 2.41. The van der Waals surface area contributed by atoms with Crippen molar-refractivity contribution in [2.75, 3.05) is 27.7 Å². The summed E-state index contributed by atoms with van der Waals surface area (Å²) >= 11 is 0. The molecule has 1 aromatic rings. The van der Waals surface area contributed by atoms with Crippen LogP contribution < -0.4 is 4.74 Å². The second kappa shape index (κ2) is 6.42. The highest BCUT2D eigenvalue weighted by atomic mass is 16.5. The summed E-state index contributed by atoms with van der Waals surface area (Å²) in [4.78, 5) is 2.06. The first-order valence-corrected chi connectivity index (χ1v) is 7.26. The lowest BCUT2D eigenvalue weighted by atomic mass is 9.79. The highest BCUT2D eigenvalue weighted by molar-refractivity contribution is 5.57. The van der Waals surface area contributed by atoms with Gasteiger partial charge in [0.1, 0.15) is 5.75 Å². The van der Waals surface area contributed by atoms with Crippen molar-refractivity contribution in [3.8, 4) is 5.75 Å². The Kier molecular flexibility index (Phi) is 4.84. The van der Waals surface area contributed by atoms with Crippen LogP contribution in [-0.2, 0) is 0 Å². The third-order valence-electron chi connectivity index (χ3n) is 3.90. The van der Waals surface area contributed by atoms with Gasteiger partial charge in [-0.3, -0.25) is 0 Å². The van der Waals surface area contributed by atoms with Crippen molar-refractivity contribution in [1.82, 2.24) is 4.90 Å². The molecule has 1 N–H and O–H groups in total. The van der Waals surface area contributed by atoms with Crippen molar-refractivity contribution in [1.29, 1.82) is 0 Å². The van der Waals surface area contributed by atoms with E-state index in [1.165, 1.54) is 0 Å². The molecule has 0 bridgehead atoms. The number of rotatable bonds is 4. The molecule has 0 heterocycles. The highest BCUT2D eigenvalue weighted by Gasteiger charge is 2.34. The van der Waals surface area contributed by atoms with Crippen molar-refractivity contribution in [2.24, 2.45) is 0 Å². The Morgan fingerprint density at radius 1 is 1.35 bits per heavy atom. The minimum atomic E-state index is -0.690. The summed E-state index contributed by atoms with van der Waals surface area (Å²) in [5.41, 5.74) is 1.55. The van der Waals surface area contributed by atoms with Gasteiger partial charge in [0.05, 0.1) is 12.7 Å². The summed E-state index contributed by atoms with van der Waals surface area (Å²) in [5, 5.41) is 10.9. The molecule has 0 aliphatic heterocycles. The van der Waals surface area contributed by atoms with Crippen LogP contribution in [0.4, 0.5) is 0 Å². The number of benzene rings is 1. The SMILES string of the molecule is COc1cccc(C=C2CCCCC2(O)CN(C)C)c1. The van der Waals surface area contributed by atoms with Gasteiger partial charge in [-0.1, -0.05) is 18.2 Å². The van der Waals surface area contributed by atoms with Crippen LogP contribution in [0, 0.1) is 0 Å². The average molecular weight is 275 g/mol. The van der Waals surface area contributed by atoms with Gasteiger partial charge in [0.2, 0.25) is 0 Å². The van der Waals surface area contributed by atoms with E-state index in [1.54, 1.807) is 7.11 Å². The molecule has 1 aliphatic carbocycles. The zero-order valence-electron chi connectivity index (χ0n) is 12.7. The maximum atomic E-state index is 10.9. The summed E-state index contributed by atoms with van der Waals surface area (Å²) in [5.74, 6) is 0.853. The first-order chi connectivity index (χ1) is 9.53. The van der Waals surface area contributed by atoms with E-state index < -0.39 is 5.60 Å². The molecule has 0 spiro atoms. The summed E-state index contributed by atoms with van der Waals surface area (Å²) in [6.45, 7) is 0.683. The van der Waals surface area contributed by atoms with E-state index in [4.69, 9.17) is 4.74 Å². The maximum absolute atomic E-state index is 10.9. The number of hydrogen-bond donors (Lipinski definition) is 1. The Morgan fingerprint density at radius 2 is 2.15 bits per heavy atom. The molecule has 0 radical (unpaired) electrons. The number of hydrogen-bond acceptors (Lipinski definition) is 3. The molecule has 0 saturated heterocycles. The molecule has 3 heteroatoms. The van der Waals surface area contributed by atoms with E-state index in [2.05, 4.69) is 17.0 Å². The van der Waals surface area contributed by atoms with E-state index in [0.29, 0.717) is 6.54 Å². The fraction of sp³-hybridized carbons (Fsp3) is 0.529. The molecule has 1 atom stereocenters. The van der Waals surface area contributed by atoms with Crippen LogP contribution in [0.1, 0.15) is 31.2 Å². The lowest BCUT2D eigenvalue weighted by molar-refractivity contribution is 0.0283. The van der Waals surface area contributed by atoms with Gasteiger partial charge in [0.25, 0.3) is 0 Å². The lowest BCUT2D eigenvalue weighted by Gasteiger charge is -2.37. The molecule has 1 unspecified atom stereocenters. The summed E-state index contributed by atoms with van der Waals surface area (Å²) in [6.07, 6.45) is 6.21. The van der Waals surface area contributed by atoms with Crippen molar-refractivity contribution in [2.45, 2.75) is 31.3 Å². The molecule has 1 fully saturated rings. The fourth-order valence-corrected chi connectivity index (χ4v) is 2.97. The third kappa shape index (κ3) is 3.62. The number of likely N-dealkylation sites (N-methyl/N-ethyl adjacent to an activating group) is 1. The summed E-state index contributed by atoms with van der Waals surface area (Å²) in [6, 6.07) is 7.99. The van der Waals surface area contributed by atoms with Crippen LogP contribution in [0.2, 0.25) is 0 Å². The van der Waals surface area contributed by atoms with Crippen LogP contribution >= 0.6 is 0 Å². The Bertz CT molecular complexity index is 482. The van der Waals surface area contributed by atoms with Gasteiger partial charge in [-0.2, -0.15) is 0 Å². The maximum Gasteiger partial charge on any atom is 0.119 e. The zero-order valence-corrected chi connectivity index (χ0v) is 12.7. The van der Waals surface area contributed by atoms with Gasteiger partial charge in [-0.05, 0) is 63.0 Å².